The Bertz CT molecular complexity index is 701. The van der Waals surface area contributed by atoms with Crippen molar-refractivity contribution in [2.75, 3.05) is 24.6 Å². The molecule has 0 unspecified atom stereocenters. The molecule has 1 aliphatic carbocycles. The maximum atomic E-state index is 11.9. The van der Waals surface area contributed by atoms with E-state index >= 15 is 0 Å². The lowest BCUT2D eigenvalue weighted by Crippen LogP contribution is -2.72. The van der Waals surface area contributed by atoms with E-state index in [1.54, 1.807) is 0 Å². The molecule has 0 amide bonds. The largest absolute Gasteiger partial charge is 0.331 e. The van der Waals surface area contributed by atoms with Gasteiger partial charge in [0.25, 0.3) is 0 Å². The highest BCUT2D eigenvalue weighted by atomic mass is 32.2. The van der Waals surface area contributed by atoms with Crippen LogP contribution in [-0.2, 0) is 29.1 Å². The zero-order valence-corrected chi connectivity index (χ0v) is 17.2. The van der Waals surface area contributed by atoms with Crippen LogP contribution in [0.25, 0.3) is 0 Å². The fraction of sp³-hybridized carbons (Fsp3) is 1.00. The van der Waals surface area contributed by atoms with Crippen molar-refractivity contribution >= 4 is 9.84 Å². The molecule has 1 saturated carbocycles. The molecule has 0 aromatic carbocycles. The first kappa shape index (κ1) is 18.8. The summed E-state index contributed by atoms with van der Waals surface area (Å²) in [5.41, 5.74) is -0.550. The predicted molar refractivity (Wildman–Crippen MR) is 97.1 cm³/mol. The summed E-state index contributed by atoms with van der Waals surface area (Å²) in [5, 5.41) is 0. The van der Waals surface area contributed by atoms with Gasteiger partial charge in [-0.1, -0.05) is 13.8 Å². The monoisotopic (exact) mass is 401 g/mol. The Morgan fingerprint density at radius 3 is 2.48 bits per heavy atom. The molecule has 6 rings (SSSR count). The van der Waals surface area contributed by atoms with E-state index in [2.05, 4.69) is 18.7 Å². The van der Waals surface area contributed by atoms with Crippen LogP contribution in [0.4, 0.5) is 0 Å². The van der Waals surface area contributed by atoms with Gasteiger partial charge in [0.2, 0.25) is 5.79 Å². The number of hydrogen-bond acceptors (Lipinski definition) is 7. The summed E-state index contributed by atoms with van der Waals surface area (Å²) in [7, 11) is -2.92. The molecular formula is C19H31NO6S. The summed E-state index contributed by atoms with van der Waals surface area (Å²) >= 11 is 0. The molecule has 6 aliphatic rings. The van der Waals surface area contributed by atoms with E-state index in [9.17, 15) is 8.42 Å². The van der Waals surface area contributed by atoms with Crippen LogP contribution in [-0.4, -0.2) is 61.8 Å². The van der Waals surface area contributed by atoms with Gasteiger partial charge in [-0.05, 0) is 38.0 Å². The van der Waals surface area contributed by atoms with Gasteiger partial charge in [0.15, 0.2) is 21.7 Å². The second-order valence-electron chi connectivity index (χ2n) is 9.48. The van der Waals surface area contributed by atoms with E-state index in [0.717, 1.165) is 19.3 Å². The fourth-order valence-corrected chi connectivity index (χ4v) is 7.51. The van der Waals surface area contributed by atoms with E-state index in [1.165, 1.54) is 6.42 Å². The molecule has 27 heavy (non-hydrogen) atoms. The summed E-state index contributed by atoms with van der Waals surface area (Å²) < 4.78 is 36.7. The van der Waals surface area contributed by atoms with Crippen LogP contribution < -0.4 is 0 Å². The van der Waals surface area contributed by atoms with Gasteiger partial charge >= 0.3 is 0 Å². The average Bonchev–Trinajstić information content (AvgIpc) is 2.85. The Balaban J connectivity index is 1.48. The first-order chi connectivity index (χ1) is 12.7. The Kier molecular flexibility index (Phi) is 4.25. The van der Waals surface area contributed by atoms with Crippen molar-refractivity contribution in [3.05, 3.63) is 0 Å². The number of sulfone groups is 1. The summed E-state index contributed by atoms with van der Waals surface area (Å²) in [4.78, 5) is 14.2. The predicted octanol–water partition coefficient (Wildman–Crippen LogP) is 1.92. The Morgan fingerprint density at radius 1 is 1.00 bits per heavy atom. The molecule has 0 radical (unpaired) electrons. The molecule has 8 atom stereocenters. The molecule has 5 saturated heterocycles. The zero-order valence-electron chi connectivity index (χ0n) is 16.4. The molecule has 2 bridgehead atoms. The summed E-state index contributed by atoms with van der Waals surface area (Å²) in [5.74, 6) is 1.05. The summed E-state index contributed by atoms with van der Waals surface area (Å²) in [6.07, 6.45) is 3.46. The second-order valence-corrected chi connectivity index (χ2v) is 11.8. The highest BCUT2D eigenvalue weighted by Gasteiger charge is 2.69. The smallest absolute Gasteiger partial charge is 0.201 e. The Hall–Kier alpha value is -0.250. The van der Waals surface area contributed by atoms with Gasteiger partial charge in [-0.25, -0.2) is 18.2 Å². The van der Waals surface area contributed by atoms with Crippen molar-refractivity contribution in [1.82, 2.24) is 4.90 Å². The molecule has 5 aliphatic heterocycles. The SMILES string of the molecule is C[C@H]1[C@H](N2CCS(=O)(=O)CC2)O[C@@H]2O[C@@]3(C)CC[C@H]4[C@H](C)CC[C@@H]1[C@@]24OO3. The number of hydrogen-bond donors (Lipinski definition) is 0. The van der Waals surface area contributed by atoms with E-state index in [-0.39, 0.29) is 29.6 Å². The zero-order chi connectivity index (χ0) is 19.0. The van der Waals surface area contributed by atoms with Crippen molar-refractivity contribution in [3.8, 4) is 0 Å². The highest BCUT2D eigenvalue weighted by Crippen LogP contribution is 2.60. The van der Waals surface area contributed by atoms with Crippen LogP contribution in [0.5, 0.6) is 0 Å². The van der Waals surface area contributed by atoms with Crippen LogP contribution in [0.1, 0.15) is 46.5 Å². The first-order valence-corrected chi connectivity index (χ1v) is 12.2. The summed E-state index contributed by atoms with van der Waals surface area (Å²) in [6, 6.07) is 0. The van der Waals surface area contributed by atoms with E-state index in [4.69, 9.17) is 19.2 Å². The molecule has 5 heterocycles. The van der Waals surface area contributed by atoms with E-state index < -0.39 is 27.5 Å². The maximum absolute atomic E-state index is 11.9. The van der Waals surface area contributed by atoms with Crippen molar-refractivity contribution < 1.29 is 27.7 Å². The van der Waals surface area contributed by atoms with E-state index in [0.29, 0.717) is 24.9 Å². The molecule has 0 aromatic heterocycles. The standard InChI is InChI=1S/C19H31NO6S/c1-12-4-5-15-13(2)16(20-8-10-27(21,22)11-9-20)23-17-19(15)14(12)6-7-18(3,24-17)25-26-19/h12-17H,4-11H2,1-3H3/t12-,13-,14+,15+,16-,17-,18-,19-/m1/s1. The maximum Gasteiger partial charge on any atom is 0.201 e. The van der Waals surface area contributed by atoms with Crippen LogP contribution in [0.3, 0.4) is 0 Å². The fourth-order valence-electron chi connectivity index (χ4n) is 6.29. The molecule has 0 N–H and O–H groups in total. The quantitative estimate of drug-likeness (QED) is 0.622. The molecule has 6 fully saturated rings. The number of nitrogens with zero attached hydrogens (tertiary/aromatic N) is 1. The minimum atomic E-state index is -2.92. The van der Waals surface area contributed by atoms with Crippen LogP contribution >= 0.6 is 0 Å². The van der Waals surface area contributed by atoms with Crippen molar-refractivity contribution in [3.63, 3.8) is 0 Å². The lowest BCUT2D eigenvalue weighted by atomic mass is 9.58. The number of ether oxygens (including phenoxy) is 2. The van der Waals surface area contributed by atoms with Crippen LogP contribution in [0.15, 0.2) is 0 Å². The van der Waals surface area contributed by atoms with Crippen molar-refractivity contribution in [2.24, 2.45) is 23.7 Å². The van der Waals surface area contributed by atoms with Gasteiger partial charge in [-0.3, -0.25) is 4.90 Å². The molecule has 8 heteroatoms. The van der Waals surface area contributed by atoms with E-state index in [1.807, 2.05) is 6.92 Å². The van der Waals surface area contributed by atoms with Crippen LogP contribution in [0.2, 0.25) is 0 Å². The van der Waals surface area contributed by atoms with Gasteiger partial charge in [0, 0.05) is 31.3 Å². The Labute approximate surface area is 161 Å². The molecule has 0 aromatic rings. The van der Waals surface area contributed by atoms with Gasteiger partial charge in [-0.15, -0.1) is 0 Å². The lowest BCUT2D eigenvalue weighted by molar-refractivity contribution is -0.574. The van der Waals surface area contributed by atoms with Crippen molar-refractivity contribution in [1.29, 1.82) is 0 Å². The van der Waals surface area contributed by atoms with Gasteiger partial charge in [0.05, 0.1) is 11.5 Å². The summed E-state index contributed by atoms with van der Waals surface area (Å²) in [6.45, 7) is 7.51. The van der Waals surface area contributed by atoms with Gasteiger partial charge < -0.3 is 9.47 Å². The second kappa shape index (κ2) is 6.12. The molecular weight excluding hydrogens is 370 g/mol. The topological polar surface area (TPSA) is 74.3 Å². The highest BCUT2D eigenvalue weighted by molar-refractivity contribution is 7.91. The normalized spacial score (nSPS) is 54.9. The number of fused-ring (bicyclic) bond motifs is 2. The molecule has 1 spiro atoms. The molecule has 7 nitrogen and oxygen atoms in total. The third-order valence-corrected chi connectivity index (χ3v) is 9.47. The van der Waals surface area contributed by atoms with Crippen LogP contribution in [0, 0.1) is 23.7 Å². The first-order valence-electron chi connectivity index (χ1n) is 10.4. The average molecular weight is 402 g/mol. The third-order valence-electron chi connectivity index (χ3n) is 7.86. The third kappa shape index (κ3) is 2.74. The minimum absolute atomic E-state index is 0.137. The molecule has 154 valence electrons. The van der Waals surface area contributed by atoms with Gasteiger partial charge in [-0.2, -0.15) is 0 Å². The lowest BCUT2D eigenvalue weighted by Gasteiger charge is -2.61. The van der Waals surface area contributed by atoms with Gasteiger partial charge in [0.1, 0.15) is 6.23 Å². The number of rotatable bonds is 1. The van der Waals surface area contributed by atoms with Crippen molar-refractivity contribution in [2.45, 2.75) is 70.4 Å². The minimum Gasteiger partial charge on any atom is -0.331 e. The Morgan fingerprint density at radius 2 is 1.74 bits per heavy atom.